The van der Waals surface area contributed by atoms with Crippen molar-refractivity contribution in [3.8, 4) is 0 Å². The fourth-order valence-electron chi connectivity index (χ4n) is 4.38. The van der Waals surface area contributed by atoms with Gasteiger partial charge in [0.2, 0.25) is 11.8 Å². The topological polar surface area (TPSA) is 89.4 Å². The molecule has 0 unspecified atom stereocenters. The van der Waals surface area contributed by atoms with Gasteiger partial charge in [-0.1, -0.05) is 35.5 Å². The lowest BCUT2D eigenvalue weighted by Gasteiger charge is -2.31. The maximum absolute atomic E-state index is 13.8. The molecular formula is C26H26FN5O3S. The summed E-state index contributed by atoms with van der Waals surface area (Å²) in [5.74, 6) is -1.06. The number of carbonyl (C=O) groups excluding carboxylic acids is 2. The van der Waals surface area contributed by atoms with Gasteiger partial charge in [0, 0.05) is 18.0 Å². The summed E-state index contributed by atoms with van der Waals surface area (Å²) in [6.45, 7) is 1.16. The Morgan fingerprint density at radius 2 is 2.00 bits per heavy atom. The monoisotopic (exact) mass is 507 g/mol. The molecule has 1 aliphatic rings. The molecule has 1 aliphatic heterocycles. The summed E-state index contributed by atoms with van der Waals surface area (Å²) >= 11 is 1.50. The van der Waals surface area contributed by atoms with E-state index in [2.05, 4.69) is 15.6 Å². The van der Waals surface area contributed by atoms with Crippen LogP contribution in [-0.2, 0) is 27.4 Å². The number of carbonyl (C=O) groups is 2. The van der Waals surface area contributed by atoms with E-state index in [1.165, 1.54) is 33.1 Å². The Morgan fingerprint density at radius 1 is 1.17 bits per heavy atom. The third-order valence-corrected chi connectivity index (χ3v) is 7.07. The molecule has 10 heteroatoms. The van der Waals surface area contributed by atoms with Crippen LogP contribution in [-0.4, -0.2) is 51.0 Å². The minimum atomic E-state index is -0.962. The third-order valence-electron chi connectivity index (χ3n) is 6.21. The lowest BCUT2D eigenvalue weighted by Crippen LogP contribution is -2.46. The van der Waals surface area contributed by atoms with Crippen molar-refractivity contribution in [1.29, 1.82) is 0 Å². The van der Waals surface area contributed by atoms with E-state index in [1.54, 1.807) is 12.1 Å². The molecule has 2 amide bonds. The Morgan fingerprint density at radius 3 is 2.75 bits per heavy atom. The number of nitrogens with one attached hydrogen (secondary N) is 1. The number of halogens is 1. The van der Waals surface area contributed by atoms with Crippen molar-refractivity contribution in [2.75, 3.05) is 13.2 Å². The summed E-state index contributed by atoms with van der Waals surface area (Å²) in [7, 11) is 0. The molecule has 1 fully saturated rings. The molecule has 2 atom stereocenters. The van der Waals surface area contributed by atoms with Gasteiger partial charge in [-0.15, -0.1) is 16.4 Å². The van der Waals surface area contributed by atoms with Crippen LogP contribution in [0.4, 0.5) is 4.39 Å². The molecular weight excluding hydrogens is 481 g/mol. The van der Waals surface area contributed by atoms with Crippen molar-refractivity contribution in [3.63, 3.8) is 0 Å². The van der Waals surface area contributed by atoms with Crippen molar-refractivity contribution < 1.29 is 18.7 Å². The van der Waals surface area contributed by atoms with Crippen molar-refractivity contribution in [3.05, 3.63) is 82.3 Å². The number of rotatable bonds is 9. The third kappa shape index (κ3) is 5.44. The lowest BCUT2D eigenvalue weighted by atomic mass is 10.0. The van der Waals surface area contributed by atoms with Crippen LogP contribution in [0.1, 0.15) is 29.3 Å². The Labute approximate surface area is 211 Å². The van der Waals surface area contributed by atoms with E-state index in [4.69, 9.17) is 4.74 Å². The molecule has 2 aromatic heterocycles. The zero-order chi connectivity index (χ0) is 24.9. The number of hydrogen-bond acceptors (Lipinski definition) is 6. The first-order valence-corrected chi connectivity index (χ1v) is 12.7. The fourth-order valence-corrected chi connectivity index (χ4v) is 5.08. The highest BCUT2D eigenvalue weighted by molar-refractivity contribution is 7.09. The van der Waals surface area contributed by atoms with E-state index in [9.17, 15) is 14.0 Å². The van der Waals surface area contributed by atoms with E-state index in [-0.39, 0.29) is 31.0 Å². The van der Waals surface area contributed by atoms with Gasteiger partial charge in [0.15, 0.2) is 0 Å². The number of amides is 2. The Kier molecular flexibility index (Phi) is 7.33. The number of fused-ring (bicyclic) bond motifs is 1. The second-order valence-corrected chi connectivity index (χ2v) is 9.70. The lowest BCUT2D eigenvalue weighted by molar-refractivity contribution is -0.142. The fraction of sp³-hybridized carbons (Fsp3) is 0.308. The molecule has 0 radical (unpaired) electrons. The molecule has 0 saturated carbocycles. The smallest absolute Gasteiger partial charge is 0.247 e. The maximum Gasteiger partial charge on any atom is 0.247 e. The van der Waals surface area contributed by atoms with E-state index >= 15 is 0 Å². The zero-order valence-electron chi connectivity index (χ0n) is 19.5. The second-order valence-electron chi connectivity index (χ2n) is 8.67. The Hall–Kier alpha value is -3.63. The SMILES string of the molecule is O=C(NC[C@H]1CCCO1)[C@H](c1ccc(F)cc1)N(Cc1cccs1)C(=O)Cn1nnc2ccccc21. The van der Waals surface area contributed by atoms with Gasteiger partial charge in [-0.05, 0) is 54.1 Å². The second kappa shape index (κ2) is 11.0. The van der Waals surface area contributed by atoms with Gasteiger partial charge in [-0.2, -0.15) is 0 Å². The largest absolute Gasteiger partial charge is 0.376 e. The first-order chi connectivity index (χ1) is 17.6. The van der Waals surface area contributed by atoms with Gasteiger partial charge >= 0.3 is 0 Å². The number of nitrogens with zero attached hydrogens (tertiary/aromatic N) is 4. The van der Waals surface area contributed by atoms with E-state index < -0.39 is 11.9 Å². The first-order valence-electron chi connectivity index (χ1n) is 11.8. The van der Waals surface area contributed by atoms with E-state index in [1.807, 2.05) is 41.8 Å². The van der Waals surface area contributed by atoms with Gasteiger partial charge in [0.1, 0.15) is 23.9 Å². The molecule has 5 rings (SSSR count). The highest BCUT2D eigenvalue weighted by Crippen LogP contribution is 2.26. The molecule has 2 aromatic carbocycles. The summed E-state index contributed by atoms with van der Waals surface area (Å²) in [4.78, 5) is 29.8. The summed E-state index contributed by atoms with van der Waals surface area (Å²) in [6.07, 6.45) is 1.78. The average Bonchev–Trinajstić information content (AvgIpc) is 3.67. The van der Waals surface area contributed by atoms with Crippen LogP contribution in [0.3, 0.4) is 0 Å². The van der Waals surface area contributed by atoms with Gasteiger partial charge in [0.25, 0.3) is 0 Å². The molecule has 1 saturated heterocycles. The molecule has 186 valence electrons. The maximum atomic E-state index is 13.8. The molecule has 0 spiro atoms. The summed E-state index contributed by atoms with van der Waals surface area (Å²) in [5.41, 5.74) is 1.93. The quantitative estimate of drug-likeness (QED) is 0.373. The molecule has 36 heavy (non-hydrogen) atoms. The molecule has 3 heterocycles. The summed E-state index contributed by atoms with van der Waals surface area (Å²) < 4.78 is 20.9. The number of benzene rings is 2. The van der Waals surface area contributed by atoms with Crippen molar-refractivity contribution in [2.24, 2.45) is 0 Å². The molecule has 8 nitrogen and oxygen atoms in total. The number of aromatic nitrogens is 3. The summed E-state index contributed by atoms with van der Waals surface area (Å²) in [6, 6.07) is 15.9. The Balaban J connectivity index is 1.47. The first kappa shape index (κ1) is 24.1. The van der Waals surface area contributed by atoms with Crippen LogP contribution in [0.2, 0.25) is 0 Å². The predicted molar refractivity (Wildman–Crippen MR) is 134 cm³/mol. The standard InChI is InChI=1S/C26H26FN5O3S/c27-19-11-9-18(10-12-19)25(26(34)28-15-20-5-3-13-35-20)31(16-21-6-4-14-36-21)24(33)17-32-23-8-2-1-7-22(23)29-30-32/h1-2,4,6-12,14,20,25H,3,5,13,15-17H2,(H,28,34)/t20-,25+/m1/s1. The van der Waals surface area contributed by atoms with Gasteiger partial charge < -0.3 is 15.0 Å². The number of ether oxygens (including phenoxy) is 1. The van der Waals surface area contributed by atoms with Crippen molar-refractivity contribution in [1.82, 2.24) is 25.2 Å². The number of hydrogen-bond donors (Lipinski definition) is 1. The van der Waals surface area contributed by atoms with Crippen LogP contribution in [0.25, 0.3) is 11.0 Å². The zero-order valence-corrected chi connectivity index (χ0v) is 20.4. The Bertz CT molecular complexity index is 1320. The number of para-hydroxylation sites is 1. The predicted octanol–water partition coefficient (Wildman–Crippen LogP) is 3.70. The normalized spacial score (nSPS) is 16.2. The molecule has 4 aromatic rings. The van der Waals surface area contributed by atoms with Crippen molar-refractivity contribution in [2.45, 2.75) is 38.1 Å². The van der Waals surface area contributed by atoms with Crippen LogP contribution in [0.15, 0.2) is 66.0 Å². The van der Waals surface area contributed by atoms with Gasteiger partial charge in [-0.3, -0.25) is 9.59 Å². The van der Waals surface area contributed by atoms with Crippen molar-refractivity contribution >= 4 is 34.2 Å². The summed E-state index contributed by atoms with van der Waals surface area (Å²) in [5, 5.41) is 13.2. The minimum absolute atomic E-state index is 0.0502. The molecule has 0 bridgehead atoms. The van der Waals surface area contributed by atoms with E-state index in [0.717, 1.165) is 23.2 Å². The number of thiophene rings is 1. The molecule has 1 N–H and O–H groups in total. The van der Waals surface area contributed by atoms with Gasteiger partial charge in [0.05, 0.1) is 18.2 Å². The van der Waals surface area contributed by atoms with Crippen LogP contribution < -0.4 is 5.32 Å². The van der Waals surface area contributed by atoms with Crippen LogP contribution in [0.5, 0.6) is 0 Å². The highest BCUT2D eigenvalue weighted by atomic mass is 32.1. The van der Waals surface area contributed by atoms with Gasteiger partial charge in [-0.25, -0.2) is 9.07 Å². The molecule has 0 aliphatic carbocycles. The highest BCUT2D eigenvalue weighted by Gasteiger charge is 2.33. The van der Waals surface area contributed by atoms with Crippen LogP contribution >= 0.6 is 11.3 Å². The van der Waals surface area contributed by atoms with E-state index in [0.29, 0.717) is 24.2 Å². The minimum Gasteiger partial charge on any atom is -0.376 e. The van der Waals surface area contributed by atoms with Crippen LogP contribution in [0, 0.1) is 5.82 Å². The average molecular weight is 508 g/mol.